The van der Waals surface area contributed by atoms with E-state index in [1.54, 1.807) is 23.1 Å². The zero-order valence-corrected chi connectivity index (χ0v) is 17.1. The second kappa shape index (κ2) is 9.05. The van der Waals surface area contributed by atoms with Gasteiger partial charge in [-0.2, -0.15) is 8.42 Å². The number of carbonyl (C=O) groups excluding carboxylic acids is 1. The molecule has 0 aliphatic carbocycles. The largest absolute Gasteiger partial charge is 0.493 e. The Morgan fingerprint density at radius 2 is 1.89 bits per heavy atom. The maximum atomic E-state index is 13.5. The Balaban J connectivity index is 2.37. The van der Waals surface area contributed by atoms with Crippen molar-refractivity contribution in [1.29, 1.82) is 0 Å². The molecule has 2 rings (SSSR count). The van der Waals surface area contributed by atoms with E-state index in [1.165, 1.54) is 31.4 Å². The van der Waals surface area contributed by atoms with Crippen molar-refractivity contribution in [2.24, 2.45) is 0 Å². The molecule has 0 aliphatic rings. The molecule has 1 amide bonds. The van der Waals surface area contributed by atoms with Gasteiger partial charge >= 0.3 is 10.1 Å². The fraction of sp³-hybridized carbons (Fsp3) is 0.350. The van der Waals surface area contributed by atoms with Crippen LogP contribution in [0.2, 0.25) is 0 Å². The van der Waals surface area contributed by atoms with Gasteiger partial charge < -0.3 is 13.8 Å². The van der Waals surface area contributed by atoms with Crippen LogP contribution in [-0.4, -0.2) is 38.6 Å². The van der Waals surface area contributed by atoms with Gasteiger partial charge in [-0.15, -0.1) is 0 Å². The van der Waals surface area contributed by atoms with Crippen molar-refractivity contribution in [2.45, 2.75) is 32.9 Å². The van der Waals surface area contributed by atoms with Gasteiger partial charge in [0.2, 0.25) is 0 Å². The van der Waals surface area contributed by atoms with Crippen LogP contribution in [-0.2, 0) is 16.7 Å². The molecule has 0 fully saturated rings. The van der Waals surface area contributed by atoms with Crippen LogP contribution >= 0.6 is 0 Å². The molecule has 8 heteroatoms. The van der Waals surface area contributed by atoms with Crippen molar-refractivity contribution in [3.8, 4) is 11.5 Å². The van der Waals surface area contributed by atoms with Crippen LogP contribution < -0.4 is 8.92 Å². The Hall–Kier alpha value is -2.61. The first kappa shape index (κ1) is 21.7. The summed E-state index contributed by atoms with van der Waals surface area (Å²) in [6, 6.07) is 10.2. The third-order valence-electron chi connectivity index (χ3n) is 4.28. The van der Waals surface area contributed by atoms with Crippen LogP contribution in [0.15, 0.2) is 42.5 Å². The molecule has 152 valence electrons. The average Bonchev–Trinajstić information content (AvgIpc) is 2.64. The van der Waals surface area contributed by atoms with E-state index in [0.29, 0.717) is 12.0 Å². The number of nitrogens with zero attached hydrogens (tertiary/aromatic N) is 1. The van der Waals surface area contributed by atoms with Gasteiger partial charge in [-0.05, 0) is 49.2 Å². The number of benzene rings is 2. The molecule has 28 heavy (non-hydrogen) atoms. The van der Waals surface area contributed by atoms with Crippen LogP contribution in [0.3, 0.4) is 0 Å². The third kappa shape index (κ3) is 5.69. The molecule has 0 aromatic heterocycles. The van der Waals surface area contributed by atoms with Crippen LogP contribution in [0.1, 0.15) is 36.2 Å². The first-order valence-corrected chi connectivity index (χ1v) is 10.6. The molecule has 0 radical (unpaired) electrons. The number of rotatable bonds is 8. The van der Waals surface area contributed by atoms with Crippen molar-refractivity contribution < 1.29 is 26.5 Å². The second-order valence-electron chi connectivity index (χ2n) is 6.47. The zero-order chi connectivity index (χ0) is 20.9. The predicted octanol–water partition coefficient (Wildman–Crippen LogP) is 3.61. The van der Waals surface area contributed by atoms with E-state index in [4.69, 9.17) is 8.92 Å². The zero-order valence-electron chi connectivity index (χ0n) is 16.3. The third-order valence-corrected chi connectivity index (χ3v) is 4.76. The minimum Gasteiger partial charge on any atom is -0.493 e. The fourth-order valence-corrected chi connectivity index (χ4v) is 3.14. The van der Waals surface area contributed by atoms with Crippen molar-refractivity contribution in [3.63, 3.8) is 0 Å². The first-order valence-electron chi connectivity index (χ1n) is 8.77. The monoisotopic (exact) mass is 409 g/mol. The number of halogens is 1. The summed E-state index contributed by atoms with van der Waals surface area (Å²) in [5, 5.41) is 0. The minimum absolute atomic E-state index is 0.0461. The molecule has 0 saturated carbocycles. The number of methoxy groups -OCH3 is 1. The maximum Gasteiger partial charge on any atom is 0.306 e. The van der Waals surface area contributed by atoms with Gasteiger partial charge in [0.1, 0.15) is 5.82 Å². The van der Waals surface area contributed by atoms with E-state index in [1.807, 2.05) is 13.8 Å². The van der Waals surface area contributed by atoms with Crippen molar-refractivity contribution >= 4 is 16.0 Å². The van der Waals surface area contributed by atoms with Gasteiger partial charge in [-0.1, -0.05) is 19.1 Å². The summed E-state index contributed by atoms with van der Waals surface area (Å²) in [4.78, 5) is 14.6. The normalized spacial score (nSPS) is 12.3. The second-order valence-corrected chi connectivity index (χ2v) is 8.05. The summed E-state index contributed by atoms with van der Waals surface area (Å²) in [7, 11) is -2.34. The molecule has 0 aliphatic heterocycles. The van der Waals surface area contributed by atoms with Gasteiger partial charge in [0, 0.05) is 18.2 Å². The smallest absolute Gasteiger partial charge is 0.306 e. The molecule has 0 N–H and O–H groups in total. The highest BCUT2D eigenvalue weighted by Crippen LogP contribution is 2.30. The van der Waals surface area contributed by atoms with Crippen LogP contribution in [0.5, 0.6) is 11.5 Å². The van der Waals surface area contributed by atoms with Crippen molar-refractivity contribution in [1.82, 2.24) is 4.90 Å². The molecule has 2 aromatic carbocycles. The maximum absolute atomic E-state index is 13.5. The fourth-order valence-electron chi connectivity index (χ4n) is 2.68. The standard InChI is InChI=1S/C20H24FNO5S/c1-5-14(2)22(20(23)16-7-6-8-17(21)12-16)13-15-9-10-18(26-3)19(11-15)27-28(4,24)25/h6-12,14H,5,13H2,1-4H3. The van der Waals surface area contributed by atoms with Gasteiger partial charge in [0.25, 0.3) is 5.91 Å². The van der Waals surface area contributed by atoms with Gasteiger partial charge in [-0.25, -0.2) is 4.39 Å². The van der Waals surface area contributed by atoms with Gasteiger partial charge in [-0.3, -0.25) is 4.79 Å². The summed E-state index contributed by atoms with van der Waals surface area (Å²) in [6.45, 7) is 4.05. The Bertz CT molecular complexity index is 945. The van der Waals surface area contributed by atoms with Crippen molar-refractivity contribution in [3.05, 3.63) is 59.4 Å². The summed E-state index contributed by atoms with van der Waals surface area (Å²) in [5.74, 6) is -0.482. The summed E-state index contributed by atoms with van der Waals surface area (Å²) in [5.41, 5.74) is 0.908. The number of carbonyl (C=O) groups is 1. The molecular formula is C20H24FNO5S. The van der Waals surface area contributed by atoms with E-state index < -0.39 is 15.9 Å². The lowest BCUT2D eigenvalue weighted by atomic mass is 10.1. The van der Waals surface area contributed by atoms with E-state index in [0.717, 1.165) is 6.26 Å². The molecule has 0 heterocycles. The van der Waals surface area contributed by atoms with E-state index in [-0.39, 0.29) is 35.6 Å². The lowest BCUT2D eigenvalue weighted by molar-refractivity contribution is 0.0671. The molecule has 6 nitrogen and oxygen atoms in total. The van der Waals surface area contributed by atoms with E-state index >= 15 is 0 Å². The van der Waals surface area contributed by atoms with Gasteiger partial charge in [0.05, 0.1) is 13.4 Å². The predicted molar refractivity (Wildman–Crippen MR) is 104 cm³/mol. The minimum atomic E-state index is -3.74. The lowest BCUT2D eigenvalue weighted by Gasteiger charge is -2.29. The molecular weight excluding hydrogens is 385 g/mol. The summed E-state index contributed by atoms with van der Waals surface area (Å²) >= 11 is 0. The highest BCUT2D eigenvalue weighted by atomic mass is 32.2. The highest BCUT2D eigenvalue weighted by Gasteiger charge is 2.22. The van der Waals surface area contributed by atoms with Crippen LogP contribution in [0.4, 0.5) is 4.39 Å². The average molecular weight is 409 g/mol. The van der Waals surface area contributed by atoms with E-state index in [9.17, 15) is 17.6 Å². The quantitative estimate of drug-likeness (QED) is 0.623. The molecule has 2 aromatic rings. The van der Waals surface area contributed by atoms with Crippen LogP contribution in [0.25, 0.3) is 0 Å². The number of hydrogen-bond donors (Lipinski definition) is 0. The molecule has 1 unspecified atom stereocenters. The summed E-state index contributed by atoms with van der Waals surface area (Å²) < 4.78 is 46.7. The molecule has 1 atom stereocenters. The topological polar surface area (TPSA) is 72.9 Å². The molecule has 0 saturated heterocycles. The highest BCUT2D eigenvalue weighted by molar-refractivity contribution is 7.86. The first-order chi connectivity index (χ1) is 13.1. The van der Waals surface area contributed by atoms with E-state index in [2.05, 4.69) is 0 Å². The van der Waals surface area contributed by atoms with Gasteiger partial charge in [0.15, 0.2) is 11.5 Å². The molecule has 0 spiro atoms. The lowest BCUT2D eigenvalue weighted by Crippen LogP contribution is -2.37. The number of ether oxygens (including phenoxy) is 1. The van der Waals surface area contributed by atoms with Crippen molar-refractivity contribution in [2.75, 3.05) is 13.4 Å². The SMILES string of the molecule is CCC(C)N(Cc1ccc(OC)c(OS(C)(=O)=O)c1)C(=O)c1cccc(F)c1. The van der Waals surface area contributed by atoms with Crippen LogP contribution in [0, 0.1) is 5.82 Å². The Morgan fingerprint density at radius 1 is 1.18 bits per heavy atom. The summed E-state index contributed by atoms with van der Waals surface area (Å²) in [6.07, 6.45) is 1.64. The Morgan fingerprint density at radius 3 is 2.46 bits per heavy atom. The number of hydrogen-bond acceptors (Lipinski definition) is 5. The number of amides is 1. The Labute approximate surface area is 165 Å². The Kier molecular flexibility index (Phi) is 7.01. The molecule has 0 bridgehead atoms.